The summed E-state index contributed by atoms with van der Waals surface area (Å²) < 4.78 is 20.5. The van der Waals surface area contributed by atoms with Crippen LogP contribution >= 0.6 is 0 Å². The van der Waals surface area contributed by atoms with E-state index in [4.69, 9.17) is 14.2 Å². The zero-order chi connectivity index (χ0) is 24.8. The van der Waals surface area contributed by atoms with Crippen molar-refractivity contribution in [1.82, 2.24) is 9.13 Å². The molecule has 1 N–H and O–H groups in total. The molecule has 0 atom stereocenters. The fraction of sp³-hybridized carbons (Fsp3) is 0.462. The SMILES string of the molecule is CCCn1c(=O)n(CC(=O)Nc2cc(OCC)c(N3CCOCC3)cc2OCC)c2ccccc21. The molecule has 3 aromatic rings. The first-order valence-electron chi connectivity index (χ1n) is 12.3. The molecule has 1 aliphatic heterocycles. The lowest BCUT2D eigenvalue weighted by molar-refractivity contribution is -0.116. The highest BCUT2D eigenvalue weighted by molar-refractivity contribution is 5.94. The molecular formula is C26H34N4O5. The van der Waals surface area contributed by atoms with Crippen LogP contribution in [0.25, 0.3) is 11.0 Å². The zero-order valence-corrected chi connectivity index (χ0v) is 20.7. The number of para-hydroxylation sites is 2. The lowest BCUT2D eigenvalue weighted by atomic mass is 10.2. The molecule has 2 heterocycles. The van der Waals surface area contributed by atoms with E-state index in [1.54, 1.807) is 10.6 Å². The highest BCUT2D eigenvalue weighted by atomic mass is 16.5. The van der Waals surface area contributed by atoms with Gasteiger partial charge in [-0.1, -0.05) is 19.1 Å². The number of aryl methyl sites for hydroxylation is 1. The number of benzene rings is 2. The Morgan fingerprint density at radius 3 is 2.29 bits per heavy atom. The van der Waals surface area contributed by atoms with E-state index in [1.807, 2.05) is 51.1 Å². The molecule has 1 aliphatic rings. The predicted octanol–water partition coefficient (Wildman–Crippen LogP) is 3.49. The number of anilines is 2. The van der Waals surface area contributed by atoms with Crippen LogP contribution in [0.1, 0.15) is 27.2 Å². The summed E-state index contributed by atoms with van der Waals surface area (Å²) in [7, 11) is 0. The molecule has 9 heteroatoms. The van der Waals surface area contributed by atoms with Gasteiger partial charge in [0, 0.05) is 31.8 Å². The third kappa shape index (κ3) is 5.30. The van der Waals surface area contributed by atoms with Crippen LogP contribution < -0.4 is 25.4 Å². The normalized spacial score (nSPS) is 13.7. The Balaban J connectivity index is 1.64. The smallest absolute Gasteiger partial charge is 0.329 e. The summed E-state index contributed by atoms with van der Waals surface area (Å²) in [5.41, 5.74) is 2.81. The molecule has 2 aromatic carbocycles. The van der Waals surface area contributed by atoms with Crippen LogP contribution in [0, 0.1) is 0 Å². The van der Waals surface area contributed by atoms with Gasteiger partial charge in [-0.15, -0.1) is 0 Å². The Morgan fingerprint density at radius 2 is 1.63 bits per heavy atom. The Kier molecular flexibility index (Phi) is 7.97. The van der Waals surface area contributed by atoms with Gasteiger partial charge in [0.05, 0.1) is 48.8 Å². The molecular weight excluding hydrogens is 448 g/mol. The molecule has 1 aromatic heterocycles. The monoisotopic (exact) mass is 482 g/mol. The number of hydrogen-bond acceptors (Lipinski definition) is 6. The summed E-state index contributed by atoms with van der Waals surface area (Å²) in [6.07, 6.45) is 0.827. The predicted molar refractivity (Wildman–Crippen MR) is 137 cm³/mol. The number of rotatable bonds is 10. The van der Waals surface area contributed by atoms with Crippen LogP contribution in [-0.2, 0) is 22.6 Å². The Morgan fingerprint density at radius 1 is 0.971 bits per heavy atom. The van der Waals surface area contributed by atoms with Gasteiger partial charge in [-0.25, -0.2) is 4.79 Å². The molecule has 1 saturated heterocycles. The van der Waals surface area contributed by atoms with Crippen molar-refractivity contribution in [2.24, 2.45) is 0 Å². The van der Waals surface area contributed by atoms with E-state index in [2.05, 4.69) is 10.2 Å². The van der Waals surface area contributed by atoms with Crippen LogP contribution in [0.15, 0.2) is 41.2 Å². The van der Waals surface area contributed by atoms with Gasteiger partial charge in [-0.2, -0.15) is 0 Å². The zero-order valence-electron chi connectivity index (χ0n) is 20.7. The van der Waals surface area contributed by atoms with Gasteiger partial charge in [0.25, 0.3) is 0 Å². The van der Waals surface area contributed by atoms with Crippen LogP contribution in [0.2, 0.25) is 0 Å². The number of carbonyl (C=O) groups excluding carboxylic acids is 1. The maximum atomic E-state index is 13.2. The Bertz CT molecular complexity index is 1230. The standard InChI is InChI=1S/C26H34N4O5/c1-4-11-29-20-9-7-8-10-21(20)30(26(29)32)18-25(31)27-19-16-24(35-6-3)22(17-23(19)34-5-2)28-12-14-33-15-13-28/h7-10,16-17H,4-6,11-15,18H2,1-3H3,(H,27,31). The average Bonchev–Trinajstić information content (AvgIpc) is 3.12. The number of morpholine rings is 1. The molecule has 35 heavy (non-hydrogen) atoms. The van der Waals surface area contributed by atoms with Gasteiger partial charge < -0.3 is 24.4 Å². The number of aromatic nitrogens is 2. The molecule has 4 rings (SSSR count). The van der Waals surface area contributed by atoms with Gasteiger partial charge in [-0.05, 0) is 32.4 Å². The van der Waals surface area contributed by atoms with Crippen molar-refractivity contribution in [3.8, 4) is 11.5 Å². The van der Waals surface area contributed by atoms with Gasteiger partial charge in [-0.3, -0.25) is 13.9 Å². The van der Waals surface area contributed by atoms with Crippen molar-refractivity contribution < 1.29 is 19.0 Å². The van der Waals surface area contributed by atoms with Crippen LogP contribution in [-0.4, -0.2) is 54.6 Å². The number of ether oxygens (including phenoxy) is 3. The second-order valence-corrected chi connectivity index (χ2v) is 8.34. The van der Waals surface area contributed by atoms with Crippen molar-refractivity contribution in [1.29, 1.82) is 0 Å². The van der Waals surface area contributed by atoms with E-state index >= 15 is 0 Å². The summed E-state index contributed by atoms with van der Waals surface area (Å²) in [6, 6.07) is 11.3. The summed E-state index contributed by atoms with van der Waals surface area (Å²) in [6.45, 7) is 10.1. The second kappa shape index (κ2) is 11.3. The summed E-state index contributed by atoms with van der Waals surface area (Å²) >= 11 is 0. The van der Waals surface area contributed by atoms with E-state index < -0.39 is 0 Å². The van der Waals surface area contributed by atoms with Gasteiger partial charge in [0.2, 0.25) is 5.91 Å². The molecule has 0 aliphatic carbocycles. The van der Waals surface area contributed by atoms with E-state index in [-0.39, 0.29) is 18.1 Å². The fourth-order valence-corrected chi connectivity index (χ4v) is 4.44. The Hall–Kier alpha value is -3.46. The van der Waals surface area contributed by atoms with Crippen LogP contribution in [0.3, 0.4) is 0 Å². The molecule has 1 fully saturated rings. The highest BCUT2D eigenvalue weighted by Crippen LogP contribution is 2.39. The number of amides is 1. The number of hydrogen-bond donors (Lipinski definition) is 1. The van der Waals surface area contributed by atoms with Crippen molar-refractivity contribution in [2.75, 3.05) is 49.7 Å². The summed E-state index contributed by atoms with van der Waals surface area (Å²) in [5, 5.41) is 2.95. The first kappa shape index (κ1) is 24.7. The van der Waals surface area contributed by atoms with Gasteiger partial charge in [0.1, 0.15) is 18.0 Å². The summed E-state index contributed by atoms with van der Waals surface area (Å²) in [5.74, 6) is 0.922. The highest BCUT2D eigenvalue weighted by Gasteiger charge is 2.21. The molecule has 0 unspecified atom stereocenters. The number of fused-ring (bicyclic) bond motifs is 1. The van der Waals surface area contributed by atoms with Crippen molar-refractivity contribution in [3.05, 3.63) is 46.9 Å². The van der Waals surface area contributed by atoms with Crippen LogP contribution in [0.5, 0.6) is 11.5 Å². The molecule has 188 valence electrons. The first-order chi connectivity index (χ1) is 17.1. The van der Waals surface area contributed by atoms with E-state index in [0.717, 1.165) is 36.2 Å². The molecule has 0 radical (unpaired) electrons. The molecule has 0 saturated carbocycles. The van der Waals surface area contributed by atoms with Crippen LogP contribution in [0.4, 0.5) is 11.4 Å². The maximum Gasteiger partial charge on any atom is 0.329 e. The van der Waals surface area contributed by atoms with E-state index in [0.29, 0.717) is 50.2 Å². The number of carbonyl (C=O) groups is 1. The topological polar surface area (TPSA) is 87.0 Å². The number of nitrogens with one attached hydrogen (secondary N) is 1. The molecule has 0 spiro atoms. The minimum Gasteiger partial charge on any atom is -0.492 e. The summed E-state index contributed by atoms with van der Waals surface area (Å²) in [4.78, 5) is 28.4. The molecule has 1 amide bonds. The third-order valence-electron chi connectivity index (χ3n) is 5.96. The first-order valence-corrected chi connectivity index (χ1v) is 12.3. The maximum absolute atomic E-state index is 13.2. The lowest BCUT2D eigenvalue weighted by Gasteiger charge is -2.31. The second-order valence-electron chi connectivity index (χ2n) is 8.34. The quantitative estimate of drug-likeness (QED) is 0.476. The van der Waals surface area contributed by atoms with Crippen molar-refractivity contribution in [3.63, 3.8) is 0 Å². The Labute approximate surface area is 205 Å². The van der Waals surface area contributed by atoms with Gasteiger partial charge >= 0.3 is 5.69 Å². The lowest BCUT2D eigenvalue weighted by Crippen LogP contribution is -2.36. The largest absolute Gasteiger partial charge is 0.492 e. The minimum atomic E-state index is -0.311. The van der Waals surface area contributed by atoms with Crippen molar-refractivity contribution in [2.45, 2.75) is 40.3 Å². The number of imidazole rings is 1. The number of nitrogens with zero attached hydrogens (tertiary/aromatic N) is 3. The van der Waals surface area contributed by atoms with Crippen molar-refractivity contribution >= 4 is 28.3 Å². The minimum absolute atomic E-state index is 0.100. The van der Waals surface area contributed by atoms with E-state index in [1.165, 1.54) is 4.57 Å². The fourth-order valence-electron chi connectivity index (χ4n) is 4.44. The average molecular weight is 483 g/mol. The van der Waals surface area contributed by atoms with E-state index in [9.17, 15) is 9.59 Å². The third-order valence-corrected chi connectivity index (χ3v) is 5.96. The molecule has 0 bridgehead atoms. The van der Waals surface area contributed by atoms with Gasteiger partial charge in [0.15, 0.2) is 0 Å². The molecule has 9 nitrogen and oxygen atoms in total.